The third kappa shape index (κ3) is 3.19. The average Bonchev–Trinajstić information content (AvgIpc) is 2.38. The van der Waals surface area contributed by atoms with Crippen LogP contribution in [0.3, 0.4) is 0 Å². The molecule has 19 heavy (non-hydrogen) atoms. The largest absolute Gasteiger partial charge is 0.480 e. The molecule has 0 aromatic heterocycles. The van der Waals surface area contributed by atoms with Gasteiger partial charge in [-0.1, -0.05) is 12.8 Å². The summed E-state index contributed by atoms with van der Waals surface area (Å²) in [6, 6.07) is -0.260. The van der Waals surface area contributed by atoms with Crippen molar-refractivity contribution in [1.29, 1.82) is 0 Å². The van der Waals surface area contributed by atoms with Gasteiger partial charge in [-0.3, -0.25) is 0 Å². The van der Waals surface area contributed by atoms with Crippen LogP contribution in [0.2, 0.25) is 0 Å². The lowest BCUT2D eigenvalue weighted by atomic mass is 9.89. The average molecular weight is 266 g/mol. The van der Waals surface area contributed by atoms with Crippen LogP contribution < -0.4 is 0 Å². The fourth-order valence-corrected chi connectivity index (χ4v) is 2.44. The summed E-state index contributed by atoms with van der Waals surface area (Å²) in [4.78, 5) is 27.0. The minimum atomic E-state index is -1.12. The molecule has 106 valence electrons. The van der Waals surface area contributed by atoms with Gasteiger partial charge in [0, 0.05) is 13.1 Å². The SMILES string of the molecule is C#CCN(CCC)C(=O)N1CCCCC1(C)C(=O)O. The summed E-state index contributed by atoms with van der Waals surface area (Å²) in [6.07, 6.45) is 8.23. The number of carbonyl (C=O) groups is 2. The molecule has 5 nitrogen and oxygen atoms in total. The van der Waals surface area contributed by atoms with Crippen molar-refractivity contribution >= 4 is 12.0 Å². The van der Waals surface area contributed by atoms with Gasteiger partial charge in [0.2, 0.25) is 0 Å². The van der Waals surface area contributed by atoms with E-state index in [1.54, 1.807) is 11.8 Å². The van der Waals surface area contributed by atoms with Crippen molar-refractivity contribution in [1.82, 2.24) is 9.80 Å². The standard InChI is InChI=1S/C14H22N2O3/c1-4-9-15(10-5-2)13(19)16-11-7-6-8-14(16,3)12(17)18/h1H,5-11H2,2-3H3,(H,17,18). The highest BCUT2D eigenvalue weighted by molar-refractivity contribution is 5.86. The number of carboxylic acids is 1. The van der Waals surface area contributed by atoms with Crippen LogP contribution in [0.25, 0.3) is 0 Å². The topological polar surface area (TPSA) is 60.9 Å². The number of hydrogen-bond acceptors (Lipinski definition) is 2. The van der Waals surface area contributed by atoms with Gasteiger partial charge in [-0.2, -0.15) is 0 Å². The van der Waals surface area contributed by atoms with Crippen LogP contribution in [0, 0.1) is 12.3 Å². The first-order valence-electron chi connectivity index (χ1n) is 6.70. The Morgan fingerprint density at radius 2 is 2.16 bits per heavy atom. The van der Waals surface area contributed by atoms with Gasteiger partial charge in [-0.05, 0) is 32.6 Å². The molecule has 1 fully saturated rings. The third-order valence-electron chi connectivity index (χ3n) is 3.63. The van der Waals surface area contributed by atoms with Crippen LogP contribution in [0.1, 0.15) is 39.5 Å². The molecule has 1 atom stereocenters. The van der Waals surface area contributed by atoms with E-state index in [-0.39, 0.29) is 12.6 Å². The number of nitrogens with zero attached hydrogens (tertiary/aromatic N) is 2. The number of hydrogen-bond donors (Lipinski definition) is 1. The number of amides is 2. The Bertz CT molecular complexity index is 389. The lowest BCUT2D eigenvalue weighted by Gasteiger charge is -2.43. The lowest BCUT2D eigenvalue weighted by molar-refractivity contribution is -0.150. The minimum Gasteiger partial charge on any atom is -0.480 e. The third-order valence-corrected chi connectivity index (χ3v) is 3.63. The number of urea groups is 1. The molecular formula is C14H22N2O3. The summed E-state index contributed by atoms with van der Waals surface area (Å²) in [6.45, 7) is 4.83. The Morgan fingerprint density at radius 1 is 1.47 bits per heavy atom. The van der Waals surface area contributed by atoms with Gasteiger partial charge >= 0.3 is 12.0 Å². The first-order chi connectivity index (χ1) is 8.97. The van der Waals surface area contributed by atoms with E-state index >= 15 is 0 Å². The second kappa shape index (κ2) is 6.46. The molecule has 1 aliphatic rings. The second-order valence-electron chi connectivity index (χ2n) is 5.10. The summed E-state index contributed by atoms with van der Waals surface area (Å²) in [5, 5.41) is 9.41. The Morgan fingerprint density at radius 3 is 2.68 bits per heavy atom. The van der Waals surface area contributed by atoms with Crippen molar-refractivity contribution in [2.45, 2.75) is 45.1 Å². The van der Waals surface area contributed by atoms with E-state index in [0.29, 0.717) is 19.5 Å². The van der Waals surface area contributed by atoms with Gasteiger partial charge in [0.1, 0.15) is 5.54 Å². The summed E-state index contributed by atoms with van der Waals surface area (Å²) >= 11 is 0. The molecular weight excluding hydrogens is 244 g/mol. The molecule has 1 rings (SSSR count). The van der Waals surface area contributed by atoms with Crippen molar-refractivity contribution in [2.24, 2.45) is 0 Å². The molecule has 1 aliphatic heterocycles. The Labute approximate surface area is 114 Å². The molecule has 0 radical (unpaired) electrons. The quantitative estimate of drug-likeness (QED) is 0.789. The molecule has 0 spiro atoms. The van der Waals surface area contributed by atoms with E-state index in [4.69, 9.17) is 6.42 Å². The van der Waals surface area contributed by atoms with E-state index in [1.165, 1.54) is 4.90 Å². The van der Waals surface area contributed by atoms with Gasteiger partial charge < -0.3 is 14.9 Å². The highest BCUT2D eigenvalue weighted by Gasteiger charge is 2.45. The lowest BCUT2D eigenvalue weighted by Crippen LogP contribution is -2.60. The summed E-state index contributed by atoms with van der Waals surface area (Å²) in [5.41, 5.74) is -1.12. The van der Waals surface area contributed by atoms with Crippen LogP contribution >= 0.6 is 0 Å². The number of aliphatic carboxylic acids is 1. The highest BCUT2D eigenvalue weighted by Crippen LogP contribution is 2.29. The fraction of sp³-hybridized carbons (Fsp3) is 0.714. The van der Waals surface area contributed by atoms with E-state index in [2.05, 4.69) is 5.92 Å². The first-order valence-corrected chi connectivity index (χ1v) is 6.70. The molecule has 0 aliphatic carbocycles. The van der Waals surface area contributed by atoms with Gasteiger partial charge in [-0.15, -0.1) is 6.42 Å². The predicted molar refractivity (Wildman–Crippen MR) is 72.7 cm³/mol. The Balaban J connectivity index is 2.93. The molecule has 1 saturated heterocycles. The normalized spacial score (nSPS) is 22.7. The second-order valence-corrected chi connectivity index (χ2v) is 5.10. The maximum atomic E-state index is 12.5. The van der Waals surface area contributed by atoms with Crippen LogP contribution in [-0.2, 0) is 4.79 Å². The van der Waals surface area contributed by atoms with Gasteiger partial charge in [0.05, 0.1) is 6.54 Å². The van der Waals surface area contributed by atoms with Gasteiger partial charge in [0.15, 0.2) is 0 Å². The zero-order valence-corrected chi connectivity index (χ0v) is 11.7. The van der Waals surface area contributed by atoms with Crippen LogP contribution in [-0.4, -0.2) is 52.1 Å². The molecule has 0 bridgehead atoms. The number of likely N-dealkylation sites (tertiary alicyclic amines) is 1. The monoisotopic (exact) mass is 266 g/mol. The zero-order chi connectivity index (χ0) is 14.5. The van der Waals surface area contributed by atoms with Crippen LogP contribution in [0.5, 0.6) is 0 Å². The molecule has 0 aromatic carbocycles. The molecule has 1 N–H and O–H groups in total. The molecule has 1 unspecified atom stereocenters. The maximum absolute atomic E-state index is 12.5. The van der Waals surface area contributed by atoms with Crippen molar-refractivity contribution < 1.29 is 14.7 Å². The molecule has 5 heteroatoms. The minimum absolute atomic E-state index is 0.221. The number of rotatable bonds is 4. The number of carbonyl (C=O) groups excluding carboxylic acids is 1. The van der Waals surface area contributed by atoms with Crippen molar-refractivity contribution in [3.05, 3.63) is 0 Å². The molecule has 1 heterocycles. The Kier molecular flexibility index (Phi) is 5.22. The van der Waals surface area contributed by atoms with E-state index < -0.39 is 11.5 Å². The summed E-state index contributed by atoms with van der Waals surface area (Å²) in [5.74, 6) is 1.51. The number of carboxylic acid groups (broad SMARTS) is 1. The van der Waals surface area contributed by atoms with Crippen molar-refractivity contribution in [3.63, 3.8) is 0 Å². The van der Waals surface area contributed by atoms with E-state index in [0.717, 1.165) is 19.3 Å². The fourth-order valence-electron chi connectivity index (χ4n) is 2.44. The smallest absolute Gasteiger partial charge is 0.329 e. The van der Waals surface area contributed by atoms with Gasteiger partial charge in [0.25, 0.3) is 0 Å². The molecule has 2 amide bonds. The molecule has 0 saturated carbocycles. The molecule has 0 aromatic rings. The number of piperidine rings is 1. The van der Waals surface area contributed by atoms with E-state index in [1.807, 2.05) is 6.92 Å². The van der Waals surface area contributed by atoms with Crippen LogP contribution in [0.4, 0.5) is 4.79 Å². The maximum Gasteiger partial charge on any atom is 0.329 e. The van der Waals surface area contributed by atoms with Gasteiger partial charge in [-0.25, -0.2) is 9.59 Å². The predicted octanol–water partition coefficient (Wildman–Crippen LogP) is 1.78. The first kappa shape index (κ1) is 15.4. The Hall–Kier alpha value is -1.70. The summed E-state index contributed by atoms with van der Waals surface area (Å²) in [7, 11) is 0. The van der Waals surface area contributed by atoms with E-state index in [9.17, 15) is 14.7 Å². The van der Waals surface area contributed by atoms with Crippen molar-refractivity contribution in [2.75, 3.05) is 19.6 Å². The van der Waals surface area contributed by atoms with Crippen molar-refractivity contribution in [3.8, 4) is 12.3 Å². The van der Waals surface area contributed by atoms with Crippen LogP contribution in [0.15, 0.2) is 0 Å². The highest BCUT2D eigenvalue weighted by atomic mass is 16.4. The zero-order valence-electron chi connectivity index (χ0n) is 11.7. The summed E-state index contributed by atoms with van der Waals surface area (Å²) < 4.78 is 0. The number of terminal acetylenes is 1.